The summed E-state index contributed by atoms with van der Waals surface area (Å²) in [5.74, 6) is 0.245. The Kier molecular flexibility index (Phi) is 4.90. The molecule has 1 amide bonds. The van der Waals surface area contributed by atoms with E-state index < -0.39 is 0 Å². The number of aromatic nitrogens is 4. The zero-order valence-corrected chi connectivity index (χ0v) is 15.3. The molecule has 0 atom stereocenters. The Hall–Kier alpha value is -2.94. The Balaban J connectivity index is 1.70. The Morgan fingerprint density at radius 1 is 1.19 bits per heavy atom. The molecule has 2 aromatic heterocycles. The monoisotopic (exact) mass is 371 g/mol. The molecule has 2 heterocycles. The lowest BCUT2D eigenvalue weighted by atomic mass is 10.1. The maximum Gasteiger partial charge on any atom is 0.255 e. The number of ketones is 1. The van der Waals surface area contributed by atoms with E-state index in [0.717, 1.165) is 5.69 Å². The third-order valence-corrected chi connectivity index (χ3v) is 4.91. The summed E-state index contributed by atoms with van der Waals surface area (Å²) in [7, 11) is 0. The molecule has 0 aliphatic rings. The summed E-state index contributed by atoms with van der Waals surface area (Å²) in [4.78, 5) is 37.8. The molecule has 134 valence electrons. The zero-order chi connectivity index (χ0) is 18.8. The van der Waals surface area contributed by atoms with Crippen molar-refractivity contribution in [3.05, 3.63) is 51.4 Å². The minimum atomic E-state index is -0.207. The minimum Gasteiger partial charge on any atom is -0.325 e. The van der Waals surface area contributed by atoms with Crippen molar-refractivity contribution in [2.45, 2.75) is 25.9 Å². The first-order valence-corrected chi connectivity index (χ1v) is 8.83. The van der Waals surface area contributed by atoms with Crippen molar-refractivity contribution in [2.75, 3.05) is 11.1 Å². The number of anilines is 1. The molecule has 0 bridgehead atoms. The Morgan fingerprint density at radius 3 is 2.54 bits per heavy atom. The molecule has 0 saturated heterocycles. The Bertz CT molecular complexity index is 1050. The molecule has 0 aliphatic heterocycles. The van der Waals surface area contributed by atoms with Gasteiger partial charge in [0, 0.05) is 22.5 Å². The van der Waals surface area contributed by atoms with Gasteiger partial charge in [-0.3, -0.25) is 23.8 Å². The van der Waals surface area contributed by atoms with Crippen LogP contribution in [0.2, 0.25) is 0 Å². The summed E-state index contributed by atoms with van der Waals surface area (Å²) < 4.78 is 1.72. The summed E-state index contributed by atoms with van der Waals surface area (Å²) in [5.41, 5.74) is 2.31. The molecule has 3 rings (SSSR count). The van der Waals surface area contributed by atoms with Crippen molar-refractivity contribution in [1.29, 1.82) is 0 Å². The first-order valence-electron chi connectivity index (χ1n) is 7.85. The van der Waals surface area contributed by atoms with Gasteiger partial charge in [-0.2, -0.15) is 0 Å². The quantitative estimate of drug-likeness (QED) is 0.524. The number of rotatable bonds is 5. The number of thioether (sulfide) groups is 1. The summed E-state index contributed by atoms with van der Waals surface area (Å²) in [5, 5.41) is 11.3. The standard InChI is InChI=1S/C17H17N5O3S/c1-9-10(2)22-16(19-15(9)25)20-21-17(22)26-8-14(24)18-13-6-4-12(5-7-13)11(3)23/h4-7H,8H2,1-3H3,(H,18,24)(H,19,20,25). The number of benzene rings is 1. The highest BCUT2D eigenvalue weighted by atomic mass is 32.2. The zero-order valence-electron chi connectivity index (χ0n) is 14.5. The summed E-state index contributed by atoms with van der Waals surface area (Å²) in [6.07, 6.45) is 0. The number of carbonyl (C=O) groups excluding carboxylic acids is 2. The van der Waals surface area contributed by atoms with Crippen LogP contribution >= 0.6 is 11.8 Å². The molecule has 2 N–H and O–H groups in total. The molecule has 0 fully saturated rings. The van der Waals surface area contributed by atoms with Gasteiger partial charge in [-0.05, 0) is 45.0 Å². The average Bonchev–Trinajstić information content (AvgIpc) is 3.01. The maximum absolute atomic E-state index is 12.2. The van der Waals surface area contributed by atoms with Crippen molar-refractivity contribution in [2.24, 2.45) is 0 Å². The van der Waals surface area contributed by atoms with Crippen molar-refractivity contribution in [3.63, 3.8) is 0 Å². The van der Waals surface area contributed by atoms with E-state index in [-0.39, 0.29) is 23.0 Å². The van der Waals surface area contributed by atoms with Crippen molar-refractivity contribution in [3.8, 4) is 0 Å². The van der Waals surface area contributed by atoms with Crippen molar-refractivity contribution >= 4 is 34.9 Å². The van der Waals surface area contributed by atoms with Gasteiger partial charge < -0.3 is 5.32 Å². The number of Topliss-reactive ketones (excluding diaryl/α,β-unsaturated/α-hetero) is 1. The number of fused-ring (bicyclic) bond motifs is 1. The van der Waals surface area contributed by atoms with Crippen LogP contribution in [0, 0.1) is 13.8 Å². The second-order valence-corrected chi connectivity index (χ2v) is 6.72. The first kappa shape index (κ1) is 17.9. The number of amides is 1. The van der Waals surface area contributed by atoms with E-state index in [0.29, 0.717) is 27.7 Å². The fourth-order valence-corrected chi connectivity index (χ4v) is 3.17. The lowest BCUT2D eigenvalue weighted by Gasteiger charge is -2.07. The normalized spacial score (nSPS) is 10.9. The molecule has 0 saturated carbocycles. The van der Waals surface area contributed by atoms with Crippen molar-refractivity contribution in [1.82, 2.24) is 19.6 Å². The molecule has 1 aromatic carbocycles. The number of carbonyl (C=O) groups is 2. The van der Waals surface area contributed by atoms with E-state index in [1.165, 1.54) is 18.7 Å². The maximum atomic E-state index is 12.2. The van der Waals surface area contributed by atoms with Gasteiger partial charge >= 0.3 is 0 Å². The lowest BCUT2D eigenvalue weighted by Crippen LogP contribution is -2.16. The van der Waals surface area contributed by atoms with Gasteiger partial charge in [0.25, 0.3) is 5.56 Å². The molecule has 0 radical (unpaired) electrons. The van der Waals surface area contributed by atoms with Crippen molar-refractivity contribution < 1.29 is 9.59 Å². The lowest BCUT2D eigenvalue weighted by molar-refractivity contribution is -0.113. The van der Waals surface area contributed by atoms with Crippen LogP contribution in [0.3, 0.4) is 0 Å². The second kappa shape index (κ2) is 7.12. The Labute approximate surface area is 153 Å². The summed E-state index contributed by atoms with van der Waals surface area (Å²) >= 11 is 1.22. The highest BCUT2D eigenvalue weighted by molar-refractivity contribution is 7.99. The molecule has 8 nitrogen and oxygen atoms in total. The third-order valence-electron chi connectivity index (χ3n) is 3.98. The molecule has 0 unspecified atom stereocenters. The molecular formula is C17H17N5O3S. The van der Waals surface area contributed by atoms with Crippen LogP contribution < -0.4 is 10.9 Å². The average molecular weight is 371 g/mol. The SMILES string of the molecule is CC(=O)c1ccc(NC(=O)CSc2nnc3[nH]c(=O)c(C)c(C)n23)cc1. The number of aromatic amines is 1. The largest absolute Gasteiger partial charge is 0.325 e. The highest BCUT2D eigenvalue weighted by Gasteiger charge is 2.14. The van der Waals surface area contributed by atoms with Crippen LogP contribution in [0.15, 0.2) is 34.2 Å². The predicted octanol–water partition coefficient (Wildman–Crippen LogP) is 1.97. The molecular weight excluding hydrogens is 354 g/mol. The molecule has 9 heteroatoms. The number of hydrogen-bond acceptors (Lipinski definition) is 6. The van der Waals surface area contributed by atoms with Gasteiger partial charge in [0.05, 0.1) is 5.75 Å². The van der Waals surface area contributed by atoms with Crippen LogP contribution in [0.25, 0.3) is 5.78 Å². The van der Waals surface area contributed by atoms with Gasteiger partial charge in [-0.15, -0.1) is 10.2 Å². The van der Waals surface area contributed by atoms with E-state index in [4.69, 9.17) is 0 Å². The number of nitrogens with one attached hydrogen (secondary N) is 2. The highest BCUT2D eigenvalue weighted by Crippen LogP contribution is 2.19. The van der Waals surface area contributed by atoms with Crippen LogP contribution in [0.4, 0.5) is 5.69 Å². The van der Waals surface area contributed by atoms with E-state index in [1.807, 2.05) is 6.92 Å². The smallest absolute Gasteiger partial charge is 0.255 e. The van der Waals surface area contributed by atoms with Crippen LogP contribution in [-0.4, -0.2) is 37.0 Å². The molecule has 26 heavy (non-hydrogen) atoms. The van der Waals surface area contributed by atoms with Gasteiger partial charge in [0.15, 0.2) is 10.9 Å². The van der Waals surface area contributed by atoms with E-state index in [2.05, 4.69) is 20.5 Å². The van der Waals surface area contributed by atoms with E-state index >= 15 is 0 Å². The number of H-pyrrole nitrogens is 1. The van der Waals surface area contributed by atoms with E-state index in [1.54, 1.807) is 35.6 Å². The predicted molar refractivity (Wildman–Crippen MR) is 98.9 cm³/mol. The fourth-order valence-electron chi connectivity index (χ4n) is 2.39. The van der Waals surface area contributed by atoms with Crippen LogP contribution in [0.5, 0.6) is 0 Å². The molecule has 0 aliphatic carbocycles. The number of nitrogens with zero attached hydrogens (tertiary/aromatic N) is 3. The number of hydrogen-bond donors (Lipinski definition) is 2. The topological polar surface area (TPSA) is 109 Å². The van der Waals surface area contributed by atoms with Gasteiger partial charge in [0.2, 0.25) is 11.7 Å². The van der Waals surface area contributed by atoms with Gasteiger partial charge in [-0.1, -0.05) is 11.8 Å². The molecule has 0 spiro atoms. The summed E-state index contributed by atoms with van der Waals surface area (Å²) in [6.45, 7) is 5.02. The molecule has 3 aromatic rings. The Morgan fingerprint density at radius 2 is 1.88 bits per heavy atom. The number of aryl methyl sites for hydroxylation is 1. The fraction of sp³-hybridized carbons (Fsp3) is 0.235. The van der Waals surface area contributed by atoms with Gasteiger partial charge in [-0.25, -0.2) is 0 Å². The minimum absolute atomic E-state index is 0.0270. The van der Waals surface area contributed by atoms with E-state index in [9.17, 15) is 14.4 Å². The second-order valence-electron chi connectivity index (χ2n) is 5.78. The summed E-state index contributed by atoms with van der Waals surface area (Å²) in [6, 6.07) is 6.70. The van der Waals surface area contributed by atoms with Crippen LogP contribution in [0.1, 0.15) is 28.5 Å². The van der Waals surface area contributed by atoms with Crippen LogP contribution in [-0.2, 0) is 4.79 Å². The van der Waals surface area contributed by atoms with Gasteiger partial charge in [0.1, 0.15) is 0 Å². The first-order chi connectivity index (χ1) is 12.4. The third kappa shape index (κ3) is 3.52.